The van der Waals surface area contributed by atoms with Gasteiger partial charge in [0, 0.05) is 19.4 Å². The number of ether oxygens (including phenoxy) is 1. The second-order valence-electron chi connectivity index (χ2n) is 6.38. The van der Waals surface area contributed by atoms with Crippen molar-refractivity contribution in [1.29, 1.82) is 0 Å². The molecule has 0 saturated carbocycles. The van der Waals surface area contributed by atoms with E-state index in [0.717, 1.165) is 38.5 Å². The van der Waals surface area contributed by atoms with E-state index in [2.05, 4.69) is 6.92 Å². The van der Waals surface area contributed by atoms with E-state index in [1.807, 2.05) is 0 Å². The van der Waals surface area contributed by atoms with Crippen molar-refractivity contribution in [2.24, 2.45) is 0 Å². The highest BCUT2D eigenvalue weighted by molar-refractivity contribution is 4.55. The Hall–Kier alpha value is -0.160. The van der Waals surface area contributed by atoms with Crippen molar-refractivity contribution in [3.63, 3.8) is 0 Å². The highest BCUT2D eigenvalue weighted by Crippen LogP contribution is 2.23. The van der Waals surface area contributed by atoms with Gasteiger partial charge in [0.25, 0.3) is 0 Å². The Morgan fingerprint density at radius 2 is 1.09 bits per heavy atom. The summed E-state index contributed by atoms with van der Waals surface area (Å²) in [5.41, 5.74) is 0. The molecule has 0 bridgehead atoms. The summed E-state index contributed by atoms with van der Waals surface area (Å²) in [5, 5.41) is 8.71. The smallest absolute Gasteiger partial charge is 0.194 e. The Kier molecular flexibility index (Phi) is 13.0. The quantitative estimate of drug-likeness (QED) is 0.338. The average molecular weight is 316 g/mol. The molecule has 1 saturated heterocycles. The number of aliphatic hydroxyl groups excluding tert-OH is 1. The van der Waals surface area contributed by atoms with Gasteiger partial charge in [0.2, 0.25) is 0 Å². The molecule has 22 heavy (non-hydrogen) atoms. The Balaban J connectivity index is 1.86. The van der Waals surface area contributed by atoms with E-state index in [-0.39, 0.29) is 12.6 Å². The minimum absolute atomic E-state index is 0.152. The molecule has 0 spiro atoms. The van der Waals surface area contributed by atoms with Crippen molar-refractivity contribution in [3.8, 4) is 0 Å². The summed E-state index contributed by atoms with van der Waals surface area (Å²) in [6.07, 6.45) is 16.1. The van der Waals surface area contributed by atoms with Crippen LogP contribution >= 0.6 is 0 Å². The Bertz CT molecular complexity index is 235. The van der Waals surface area contributed by atoms with E-state index < -0.39 is 0 Å². The molecule has 132 valence electrons. The first-order valence-corrected chi connectivity index (χ1v) is 9.45. The average Bonchev–Trinajstić information content (AvgIpc) is 2.98. The second-order valence-corrected chi connectivity index (χ2v) is 6.38. The van der Waals surface area contributed by atoms with Crippen LogP contribution in [0.3, 0.4) is 0 Å². The summed E-state index contributed by atoms with van der Waals surface area (Å²) in [5.74, 6) is 0. The van der Waals surface area contributed by atoms with Gasteiger partial charge in [-0.15, -0.1) is 0 Å². The van der Waals surface area contributed by atoms with Crippen molar-refractivity contribution in [2.75, 3.05) is 6.61 Å². The standard InChI is InChI=1S/C18H36O4/c1-2-3-4-5-8-11-14-17-20-18(22-21-17)15-12-9-6-7-10-13-16-19/h17-19H,2-16H2,1H3. The molecule has 4 heteroatoms. The van der Waals surface area contributed by atoms with Gasteiger partial charge < -0.3 is 9.84 Å². The van der Waals surface area contributed by atoms with E-state index >= 15 is 0 Å². The van der Waals surface area contributed by atoms with Crippen LogP contribution in [0.4, 0.5) is 0 Å². The van der Waals surface area contributed by atoms with Gasteiger partial charge in [0.05, 0.1) is 0 Å². The predicted octanol–water partition coefficient (Wildman–Crippen LogP) is 5.09. The van der Waals surface area contributed by atoms with Crippen molar-refractivity contribution in [2.45, 2.75) is 109 Å². The van der Waals surface area contributed by atoms with Gasteiger partial charge in [-0.1, -0.05) is 64.7 Å². The molecule has 1 aliphatic rings. The maximum absolute atomic E-state index is 8.71. The fourth-order valence-electron chi connectivity index (χ4n) is 2.79. The Morgan fingerprint density at radius 1 is 0.636 bits per heavy atom. The van der Waals surface area contributed by atoms with E-state index in [4.69, 9.17) is 19.6 Å². The molecule has 0 radical (unpaired) electrons. The lowest BCUT2D eigenvalue weighted by molar-refractivity contribution is -0.298. The molecular weight excluding hydrogens is 280 g/mol. The fourth-order valence-corrected chi connectivity index (χ4v) is 2.79. The SMILES string of the molecule is CCCCCCCCC1OOC(CCCCCCCCO)O1. The predicted molar refractivity (Wildman–Crippen MR) is 88.2 cm³/mol. The first-order valence-electron chi connectivity index (χ1n) is 9.45. The number of hydrogen-bond acceptors (Lipinski definition) is 4. The molecule has 1 aliphatic heterocycles. The molecule has 0 aromatic heterocycles. The number of hydrogen-bond donors (Lipinski definition) is 1. The molecule has 0 aromatic carbocycles. The van der Waals surface area contributed by atoms with Crippen LogP contribution in [0.5, 0.6) is 0 Å². The summed E-state index contributed by atoms with van der Waals surface area (Å²) in [6, 6.07) is 0. The summed E-state index contributed by atoms with van der Waals surface area (Å²) < 4.78 is 5.76. The second kappa shape index (κ2) is 14.4. The summed E-state index contributed by atoms with van der Waals surface area (Å²) in [6.45, 7) is 2.56. The first-order chi connectivity index (χ1) is 10.9. The summed E-state index contributed by atoms with van der Waals surface area (Å²) in [4.78, 5) is 10.5. The van der Waals surface area contributed by atoms with Crippen LogP contribution in [-0.2, 0) is 14.5 Å². The van der Waals surface area contributed by atoms with Crippen LogP contribution in [0.15, 0.2) is 0 Å². The van der Waals surface area contributed by atoms with E-state index in [9.17, 15) is 0 Å². The summed E-state index contributed by atoms with van der Waals surface area (Å²) in [7, 11) is 0. The lowest BCUT2D eigenvalue weighted by atomic mass is 10.1. The van der Waals surface area contributed by atoms with Crippen LogP contribution in [0.25, 0.3) is 0 Å². The van der Waals surface area contributed by atoms with Gasteiger partial charge in [0.1, 0.15) is 0 Å². The summed E-state index contributed by atoms with van der Waals surface area (Å²) >= 11 is 0. The van der Waals surface area contributed by atoms with Crippen LogP contribution in [0.2, 0.25) is 0 Å². The molecule has 1 N–H and O–H groups in total. The van der Waals surface area contributed by atoms with Crippen molar-refractivity contribution in [3.05, 3.63) is 0 Å². The highest BCUT2D eigenvalue weighted by Gasteiger charge is 2.26. The Labute approximate surface area is 136 Å². The topological polar surface area (TPSA) is 47.9 Å². The van der Waals surface area contributed by atoms with Crippen molar-refractivity contribution in [1.82, 2.24) is 0 Å². The van der Waals surface area contributed by atoms with E-state index in [1.54, 1.807) is 0 Å². The maximum atomic E-state index is 8.71. The van der Waals surface area contributed by atoms with Crippen molar-refractivity contribution >= 4 is 0 Å². The molecule has 1 heterocycles. The number of rotatable bonds is 15. The molecule has 0 aromatic rings. The van der Waals surface area contributed by atoms with Crippen LogP contribution < -0.4 is 0 Å². The third-order valence-electron chi connectivity index (χ3n) is 4.22. The molecular formula is C18H36O4. The molecule has 0 aliphatic carbocycles. The van der Waals surface area contributed by atoms with E-state index in [1.165, 1.54) is 51.4 Å². The largest absolute Gasteiger partial charge is 0.396 e. The lowest BCUT2D eigenvalue weighted by Gasteiger charge is -2.08. The number of unbranched alkanes of at least 4 members (excludes halogenated alkanes) is 10. The van der Waals surface area contributed by atoms with Crippen LogP contribution in [-0.4, -0.2) is 24.3 Å². The Morgan fingerprint density at radius 3 is 1.59 bits per heavy atom. The van der Waals surface area contributed by atoms with Gasteiger partial charge in [-0.3, -0.25) is 0 Å². The molecule has 4 nitrogen and oxygen atoms in total. The third-order valence-corrected chi connectivity index (χ3v) is 4.22. The first kappa shape index (κ1) is 19.9. The molecule has 2 unspecified atom stereocenters. The zero-order valence-corrected chi connectivity index (χ0v) is 14.4. The van der Waals surface area contributed by atoms with Gasteiger partial charge in [-0.2, -0.15) is 0 Å². The maximum Gasteiger partial charge on any atom is 0.194 e. The zero-order valence-electron chi connectivity index (χ0n) is 14.4. The van der Waals surface area contributed by atoms with Gasteiger partial charge >= 0.3 is 0 Å². The zero-order chi connectivity index (χ0) is 15.9. The lowest BCUT2D eigenvalue weighted by Crippen LogP contribution is -2.11. The van der Waals surface area contributed by atoms with Gasteiger partial charge in [-0.25, -0.2) is 9.78 Å². The third kappa shape index (κ3) is 10.5. The highest BCUT2D eigenvalue weighted by atomic mass is 17.3. The molecule has 0 amide bonds. The fraction of sp³-hybridized carbons (Fsp3) is 1.00. The monoisotopic (exact) mass is 316 g/mol. The normalized spacial score (nSPS) is 21.5. The van der Waals surface area contributed by atoms with Gasteiger partial charge in [0.15, 0.2) is 12.6 Å². The number of aliphatic hydroxyl groups is 1. The minimum atomic E-state index is -0.164. The van der Waals surface area contributed by atoms with Crippen LogP contribution in [0.1, 0.15) is 96.8 Å². The molecule has 1 rings (SSSR count). The van der Waals surface area contributed by atoms with Gasteiger partial charge in [-0.05, 0) is 19.3 Å². The molecule has 2 atom stereocenters. The van der Waals surface area contributed by atoms with E-state index in [0.29, 0.717) is 6.61 Å². The minimum Gasteiger partial charge on any atom is -0.396 e. The van der Waals surface area contributed by atoms with Crippen LogP contribution in [0, 0.1) is 0 Å². The van der Waals surface area contributed by atoms with Crippen molar-refractivity contribution < 1.29 is 19.6 Å². The molecule has 1 fully saturated rings.